The van der Waals surface area contributed by atoms with Crippen molar-refractivity contribution in [3.8, 4) is 0 Å². The summed E-state index contributed by atoms with van der Waals surface area (Å²) in [6.45, 7) is 7.39. The fourth-order valence-corrected chi connectivity index (χ4v) is 0.847. The maximum atomic E-state index is 11.1. The first-order valence-electron chi connectivity index (χ1n) is 4.52. The van der Waals surface area contributed by atoms with E-state index in [1.807, 2.05) is 6.92 Å². The Labute approximate surface area is 79.4 Å². The van der Waals surface area contributed by atoms with Crippen molar-refractivity contribution in [2.75, 3.05) is 6.61 Å². The molecule has 0 rings (SSSR count). The molecule has 0 spiro atoms. The molecule has 0 fully saturated rings. The summed E-state index contributed by atoms with van der Waals surface area (Å²) < 4.78 is 4.80. The summed E-state index contributed by atoms with van der Waals surface area (Å²) in [5, 5.41) is 9.18. The van der Waals surface area contributed by atoms with E-state index in [9.17, 15) is 9.90 Å². The summed E-state index contributed by atoms with van der Waals surface area (Å²) in [4.78, 5) is 11.1. The van der Waals surface area contributed by atoms with Gasteiger partial charge in [0.25, 0.3) is 0 Å². The van der Waals surface area contributed by atoms with Gasteiger partial charge in [0.05, 0.1) is 12.7 Å². The second-order valence-corrected chi connectivity index (χ2v) is 3.17. The molecule has 3 heteroatoms. The van der Waals surface area contributed by atoms with Crippen LogP contribution in [0.4, 0.5) is 0 Å². The van der Waals surface area contributed by atoms with Gasteiger partial charge in [0.15, 0.2) is 0 Å². The molecule has 0 radical (unpaired) electrons. The lowest BCUT2D eigenvalue weighted by Crippen LogP contribution is -2.13. The number of carbonyl (C=O) groups is 1. The van der Waals surface area contributed by atoms with Gasteiger partial charge >= 0.3 is 5.97 Å². The van der Waals surface area contributed by atoms with Crippen LogP contribution in [0.3, 0.4) is 0 Å². The van der Waals surface area contributed by atoms with Crippen LogP contribution < -0.4 is 0 Å². The first kappa shape index (κ1) is 12.2. The highest BCUT2D eigenvalue weighted by Crippen LogP contribution is 2.08. The first-order chi connectivity index (χ1) is 5.99. The fourth-order valence-electron chi connectivity index (χ4n) is 0.847. The normalized spacial score (nSPS) is 16.5. The van der Waals surface area contributed by atoms with E-state index in [4.69, 9.17) is 4.74 Å². The third-order valence-electron chi connectivity index (χ3n) is 1.87. The largest absolute Gasteiger partial charge is 0.463 e. The van der Waals surface area contributed by atoms with Crippen LogP contribution in [0.15, 0.2) is 11.6 Å². The van der Waals surface area contributed by atoms with E-state index in [0.29, 0.717) is 12.2 Å². The van der Waals surface area contributed by atoms with Gasteiger partial charge in [0.2, 0.25) is 0 Å². The van der Waals surface area contributed by atoms with Crippen molar-refractivity contribution >= 4 is 5.97 Å². The van der Waals surface area contributed by atoms with Crippen molar-refractivity contribution in [2.45, 2.75) is 33.8 Å². The standard InChI is InChI=1S/C10H18O3/c1-5-13-10(12)8(3)6-7(2)9(4)11/h6-7,9,11H,5H2,1-4H3/b8-6+/t7-,9-/m1/s1. The highest BCUT2D eigenvalue weighted by Gasteiger charge is 2.10. The van der Waals surface area contributed by atoms with Crippen LogP contribution in [0.2, 0.25) is 0 Å². The molecule has 0 aliphatic heterocycles. The summed E-state index contributed by atoms with van der Waals surface area (Å²) in [5.41, 5.74) is 0.551. The number of carbonyl (C=O) groups excluding carboxylic acids is 1. The Morgan fingerprint density at radius 1 is 1.54 bits per heavy atom. The Morgan fingerprint density at radius 2 is 2.08 bits per heavy atom. The molecule has 0 aromatic rings. The lowest BCUT2D eigenvalue weighted by atomic mass is 10.0. The number of esters is 1. The maximum absolute atomic E-state index is 11.1. The molecular formula is C10H18O3. The van der Waals surface area contributed by atoms with Crippen LogP contribution >= 0.6 is 0 Å². The average molecular weight is 186 g/mol. The van der Waals surface area contributed by atoms with Crippen LogP contribution in [0, 0.1) is 5.92 Å². The molecule has 0 amide bonds. The van der Waals surface area contributed by atoms with Crippen molar-refractivity contribution < 1.29 is 14.6 Å². The average Bonchev–Trinajstić information content (AvgIpc) is 2.04. The van der Waals surface area contributed by atoms with Gasteiger partial charge < -0.3 is 9.84 Å². The summed E-state index contributed by atoms with van der Waals surface area (Å²) in [6, 6.07) is 0. The fraction of sp³-hybridized carbons (Fsp3) is 0.700. The van der Waals surface area contributed by atoms with Crippen LogP contribution in [-0.4, -0.2) is 23.8 Å². The van der Waals surface area contributed by atoms with Gasteiger partial charge in [-0.3, -0.25) is 0 Å². The Bertz CT molecular complexity index is 194. The number of ether oxygens (including phenoxy) is 1. The summed E-state index contributed by atoms with van der Waals surface area (Å²) in [6.07, 6.45) is 1.28. The van der Waals surface area contributed by atoms with Gasteiger partial charge in [-0.15, -0.1) is 0 Å². The van der Waals surface area contributed by atoms with Gasteiger partial charge in [-0.05, 0) is 20.8 Å². The summed E-state index contributed by atoms with van der Waals surface area (Å²) >= 11 is 0. The van der Waals surface area contributed by atoms with Crippen LogP contribution in [0.5, 0.6) is 0 Å². The molecule has 1 N–H and O–H groups in total. The topological polar surface area (TPSA) is 46.5 Å². The second kappa shape index (κ2) is 5.75. The Hall–Kier alpha value is -0.830. The zero-order chi connectivity index (χ0) is 10.4. The molecule has 0 aliphatic carbocycles. The number of rotatable bonds is 4. The molecule has 0 saturated carbocycles. The van der Waals surface area contributed by atoms with Crippen molar-refractivity contribution in [3.05, 3.63) is 11.6 Å². The Morgan fingerprint density at radius 3 is 2.46 bits per heavy atom. The molecule has 13 heavy (non-hydrogen) atoms. The van der Waals surface area contributed by atoms with E-state index in [0.717, 1.165) is 0 Å². The van der Waals surface area contributed by atoms with E-state index in [1.54, 1.807) is 26.8 Å². The molecular weight excluding hydrogens is 168 g/mol. The minimum absolute atomic E-state index is 0.0237. The second-order valence-electron chi connectivity index (χ2n) is 3.17. The lowest BCUT2D eigenvalue weighted by molar-refractivity contribution is -0.138. The zero-order valence-corrected chi connectivity index (χ0v) is 8.70. The van der Waals surface area contributed by atoms with Gasteiger partial charge in [-0.2, -0.15) is 0 Å². The van der Waals surface area contributed by atoms with E-state index in [-0.39, 0.29) is 11.9 Å². The van der Waals surface area contributed by atoms with Crippen LogP contribution in [-0.2, 0) is 9.53 Å². The predicted octanol–water partition coefficient (Wildman–Crippen LogP) is 1.51. The smallest absolute Gasteiger partial charge is 0.333 e. The molecule has 76 valence electrons. The number of hydrogen-bond donors (Lipinski definition) is 1. The predicted molar refractivity (Wildman–Crippen MR) is 51.2 cm³/mol. The first-order valence-corrected chi connectivity index (χ1v) is 4.52. The number of aliphatic hydroxyl groups excluding tert-OH is 1. The Balaban J connectivity index is 4.22. The number of aliphatic hydroxyl groups is 1. The molecule has 0 saturated heterocycles. The SMILES string of the molecule is CCOC(=O)/C(C)=C/[C@@H](C)[C@@H](C)O. The molecule has 0 aromatic heterocycles. The van der Waals surface area contributed by atoms with Gasteiger partial charge in [0, 0.05) is 11.5 Å². The molecule has 3 nitrogen and oxygen atoms in total. The van der Waals surface area contributed by atoms with Crippen LogP contribution in [0.1, 0.15) is 27.7 Å². The van der Waals surface area contributed by atoms with Gasteiger partial charge in [0.1, 0.15) is 0 Å². The van der Waals surface area contributed by atoms with Crippen LogP contribution in [0.25, 0.3) is 0 Å². The third kappa shape index (κ3) is 4.68. The molecule has 0 aliphatic rings. The maximum Gasteiger partial charge on any atom is 0.333 e. The lowest BCUT2D eigenvalue weighted by Gasteiger charge is -2.10. The molecule has 0 unspecified atom stereocenters. The van der Waals surface area contributed by atoms with E-state index in [2.05, 4.69) is 0 Å². The third-order valence-corrected chi connectivity index (χ3v) is 1.87. The quantitative estimate of drug-likeness (QED) is 0.534. The minimum atomic E-state index is -0.440. The van der Waals surface area contributed by atoms with Crippen molar-refractivity contribution in [2.24, 2.45) is 5.92 Å². The monoisotopic (exact) mass is 186 g/mol. The van der Waals surface area contributed by atoms with Gasteiger partial charge in [-0.1, -0.05) is 13.0 Å². The molecule has 0 heterocycles. The summed E-state index contributed by atoms with van der Waals surface area (Å²) in [7, 11) is 0. The van der Waals surface area contributed by atoms with Crippen molar-refractivity contribution in [1.82, 2.24) is 0 Å². The van der Waals surface area contributed by atoms with Crippen molar-refractivity contribution in [3.63, 3.8) is 0 Å². The molecule has 2 atom stereocenters. The van der Waals surface area contributed by atoms with Crippen molar-refractivity contribution in [1.29, 1.82) is 0 Å². The molecule has 0 bridgehead atoms. The highest BCUT2D eigenvalue weighted by molar-refractivity contribution is 5.87. The van der Waals surface area contributed by atoms with E-state index < -0.39 is 6.10 Å². The zero-order valence-electron chi connectivity index (χ0n) is 8.70. The Kier molecular flexibility index (Phi) is 5.39. The highest BCUT2D eigenvalue weighted by atomic mass is 16.5. The molecule has 0 aromatic carbocycles. The number of hydrogen-bond acceptors (Lipinski definition) is 3. The summed E-state index contributed by atoms with van der Waals surface area (Å²) in [5.74, 6) is -0.334. The van der Waals surface area contributed by atoms with Gasteiger partial charge in [-0.25, -0.2) is 4.79 Å². The minimum Gasteiger partial charge on any atom is -0.463 e. The van der Waals surface area contributed by atoms with E-state index in [1.165, 1.54) is 0 Å². The van der Waals surface area contributed by atoms with E-state index >= 15 is 0 Å².